The number of hydrogen-bond donors (Lipinski definition) is 2. The molecule has 4 heterocycles. The molecule has 0 saturated carbocycles. The van der Waals surface area contributed by atoms with Crippen LogP contribution in [0.2, 0.25) is 0 Å². The Morgan fingerprint density at radius 3 is 3.18 bits per heavy atom. The molecule has 2 N–H and O–H groups in total. The number of epoxide rings is 1. The van der Waals surface area contributed by atoms with Crippen LogP contribution in [0.1, 0.15) is 0 Å². The van der Waals surface area contributed by atoms with Crippen LogP contribution in [-0.2, 0) is 4.74 Å². The second-order valence-corrected chi connectivity index (χ2v) is 6.04. The summed E-state index contributed by atoms with van der Waals surface area (Å²) in [6.45, 7) is 0. The molecular formula is C6H8N2OS2. The van der Waals surface area contributed by atoms with Gasteiger partial charge in [0, 0.05) is 5.75 Å². The van der Waals surface area contributed by atoms with Crippen molar-refractivity contribution in [2.45, 2.75) is 28.0 Å². The van der Waals surface area contributed by atoms with Crippen LogP contribution in [0.4, 0.5) is 0 Å². The van der Waals surface area contributed by atoms with E-state index in [4.69, 9.17) is 4.74 Å². The fourth-order valence-electron chi connectivity index (χ4n) is 1.75. The maximum absolute atomic E-state index is 5.52. The van der Waals surface area contributed by atoms with Gasteiger partial charge in [0.2, 0.25) is 0 Å². The first kappa shape index (κ1) is 6.10. The Morgan fingerprint density at radius 1 is 1.45 bits per heavy atom. The molecule has 1 spiro atoms. The van der Waals surface area contributed by atoms with Crippen LogP contribution in [0, 0.1) is 0 Å². The Hall–Kier alpha value is 0.580. The van der Waals surface area contributed by atoms with Gasteiger partial charge in [-0.2, -0.15) is 0 Å². The molecule has 5 atom stereocenters. The predicted octanol–water partition coefficient (Wildman–Crippen LogP) is -0.254. The minimum atomic E-state index is 0.320. The van der Waals surface area contributed by atoms with Crippen LogP contribution in [0.15, 0.2) is 0 Å². The van der Waals surface area contributed by atoms with Gasteiger partial charge in [-0.3, -0.25) is 10.6 Å². The van der Waals surface area contributed by atoms with Crippen LogP contribution in [0.3, 0.4) is 0 Å². The zero-order valence-corrected chi connectivity index (χ0v) is 7.37. The minimum absolute atomic E-state index is 0.320. The van der Waals surface area contributed by atoms with E-state index in [2.05, 4.69) is 10.6 Å². The summed E-state index contributed by atoms with van der Waals surface area (Å²) in [5.74, 6) is 1.24. The lowest BCUT2D eigenvalue weighted by molar-refractivity contribution is 0.302. The highest BCUT2D eigenvalue weighted by atomic mass is 32.2. The van der Waals surface area contributed by atoms with Gasteiger partial charge < -0.3 is 4.74 Å². The minimum Gasteiger partial charge on any atom is -0.350 e. The van der Waals surface area contributed by atoms with E-state index in [-0.39, 0.29) is 0 Å². The molecular weight excluding hydrogens is 180 g/mol. The number of hydrogen-bond acceptors (Lipinski definition) is 5. The second kappa shape index (κ2) is 1.61. The molecule has 0 amide bonds. The summed E-state index contributed by atoms with van der Waals surface area (Å²) in [6.07, 6.45) is 0.823. The van der Waals surface area contributed by atoms with Crippen molar-refractivity contribution in [1.29, 1.82) is 0 Å². The van der Waals surface area contributed by atoms with E-state index >= 15 is 0 Å². The van der Waals surface area contributed by atoms with Crippen LogP contribution in [-0.4, -0.2) is 33.7 Å². The molecule has 0 bridgehead atoms. The molecule has 4 fully saturated rings. The Morgan fingerprint density at radius 2 is 2.36 bits per heavy atom. The van der Waals surface area contributed by atoms with Gasteiger partial charge in [-0.05, 0) is 0 Å². The van der Waals surface area contributed by atoms with Crippen LogP contribution in [0.5, 0.6) is 0 Å². The molecule has 4 saturated heterocycles. The number of ether oxygens (including phenoxy) is 1. The van der Waals surface area contributed by atoms with E-state index in [1.165, 1.54) is 5.75 Å². The molecule has 0 aromatic carbocycles. The average molecular weight is 188 g/mol. The van der Waals surface area contributed by atoms with Crippen molar-refractivity contribution in [3.63, 3.8) is 0 Å². The fourth-order valence-corrected chi connectivity index (χ4v) is 3.65. The molecule has 0 aromatic rings. The molecule has 11 heavy (non-hydrogen) atoms. The molecule has 60 valence electrons. The Labute approximate surface area is 73.0 Å². The highest BCUT2D eigenvalue weighted by Gasteiger charge is 2.68. The molecule has 0 aliphatic carbocycles. The van der Waals surface area contributed by atoms with Gasteiger partial charge in [0.25, 0.3) is 0 Å². The van der Waals surface area contributed by atoms with Gasteiger partial charge in [-0.1, -0.05) is 0 Å². The van der Waals surface area contributed by atoms with Gasteiger partial charge >= 0.3 is 0 Å². The lowest BCUT2D eigenvalue weighted by atomic mass is 10.2. The average Bonchev–Trinajstić information content (AvgIpc) is 2.76. The number of rotatable bonds is 0. The number of nitrogens with one attached hydrogen (secondary N) is 2. The summed E-state index contributed by atoms with van der Waals surface area (Å²) in [5, 5.41) is 8.38. The maximum atomic E-state index is 5.52. The molecule has 5 unspecified atom stereocenters. The third-order valence-electron chi connectivity index (χ3n) is 2.61. The monoisotopic (exact) mass is 188 g/mol. The van der Waals surface area contributed by atoms with Gasteiger partial charge in [-0.25, -0.2) is 0 Å². The Bertz CT molecular complexity index is 233. The molecule has 0 aromatic heterocycles. The summed E-state index contributed by atoms with van der Waals surface area (Å²) in [6, 6.07) is 0. The van der Waals surface area contributed by atoms with Gasteiger partial charge in [0.05, 0.1) is 10.7 Å². The van der Waals surface area contributed by atoms with Crippen LogP contribution in [0.25, 0.3) is 0 Å². The van der Waals surface area contributed by atoms with E-state index in [1.54, 1.807) is 0 Å². The molecule has 4 aliphatic heterocycles. The van der Waals surface area contributed by atoms with Crippen molar-refractivity contribution in [3.8, 4) is 0 Å². The third kappa shape index (κ3) is 0.734. The molecule has 4 aliphatic rings. The summed E-state index contributed by atoms with van der Waals surface area (Å²) >= 11 is 3.97. The van der Waals surface area contributed by atoms with Crippen molar-refractivity contribution in [1.82, 2.24) is 10.6 Å². The van der Waals surface area contributed by atoms with Crippen molar-refractivity contribution in [2.24, 2.45) is 0 Å². The predicted molar refractivity (Wildman–Crippen MR) is 45.3 cm³/mol. The van der Waals surface area contributed by atoms with Gasteiger partial charge in [0.15, 0.2) is 0 Å². The first-order chi connectivity index (χ1) is 5.37. The van der Waals surface area contributed by atoms with Gasteiger partial charge in [0.1, 0.15) is 17.2 Å². The summed E-state index contributed by atoms with van der Waals surface area (Å²) < 4.78 is 5.52. The van der Waals surface area contributed by atoms with E-state index in [0.717, 1.165) is 0 Å². The van der Waals surface area contributed by atoms with Crippen LogP contribution < -0.4 is 10.6 Å². The summed E-state index contributed by atoms with van der Waals surface area (Å²) in [5.41, 5.74) is 0. The molecule has 0 radical (unpaired) electrons. The summed E-state index contributed by atoms with van der Waals surface area (Å²) in [4.78, 5) is 0.320. The lowest BCUT2D eigenvalue weighted by Crippen LogP contribution is -2.38. The van der Waals surface area contributed by atoms with Crippen molar-refractivity contribution >= 4 is 23.5 Å². The maximum Gasteiger partial charge on any atom is 0.139 e. The zero-order valence-electron chi connectivity index (χ0n) is 5.74. The third-order valence-corrected chi connectivity index (χ3v) is 4.94. The van der Waals surface area contributed by atoms with E-state index in [9.17, 15) is 0 Å². The van der Waals surface area contributed by atoms with Gasteiger partial charge in [-0.15, -0.1) is 23.5 Å². The van der Waals surface area contributed by atoms with Crippen molar-refractivity contribution in [2.75, 3.05) is 5.75 Å². The molecule has 5 heteroatoms. The number of thioether (sulfide) groups is 2. The van der Waals surface area contributed by atoms with Crippen molar-refractivity contribution < 1.29 is 4.74 Å². The number of fused-ring (bicyclic) bond motifs is 3. The largest absolute Gasteiger partial charge is 0.350 e. The highest BCUT2D eigenvalue weighted by molar-refractivity contribution is 8.08. The standard InChI is InChI=1S/C6H8N2OS2/c1-6(10-1)2-3(9-2)7-4-5(8-6)11-4/h2-5,7-8H,1H2. The van der Waals surface area contributed by atoms with E-state index < -0.39 is 0 Å². The molecule has 4 rings (SSSR count). The molecule has 3 nitrogen and oxygen atoms in total. The second-order valence-electron chi connectivity index (χ2n) is 3.44. The normalized spacial score (nSPS) is 69.8. The topological polar surface area (TPSA) is 36.6 Å². The SMILES string of the molecule is C1SC12NC1SC1NC1OC12. The van der Waals surface area contributed by atoms with E-state index in [1.807, 2.05) is 23.5 Å². The lowest BCUT2D eigenvalue weighted by Gasteiger charge is -2.09. The van der Waals surface area contributed by atoms with Crippen LogP contribution >= 0.6 is 23.5 Å². The first-order valence-electron chi connectivity index (χ1n) is 3.86. The smallest absolute Gasteiger partial charge is 0.139 e. The quantitative estimate of drug-likeness (QED) is 0.513. The van der Waals surface area contributed by atoms with Crippen molar-refractivity contribution in [3.05, 3.63) is 0 Å². The zero-order chi connectivity index (χ0) is 7.05. The fraction of sp³-hybridized carbons (Fsp3) is 1.00. The summed E-state index contributed by atoms with van der Waals surface area (Å²) in [7, 11) is 0. The Kier molecular flexibility index (Phi) is 0.891. The van der Waals surface area contributed by atoms with E-state index in [0.29, 0.717) is 28.0 Å². The Balaban J connectivity index is 1.70. The first-order valence-corrected chi connectivity index (χ1v) is 5.79. The highest BCUT2D eigenvalue weighted by Crippen LogP contribution is 2.58.